The second-order valence-electron chi connectivity index (χ2n) is 8.41. The van der Waals surface area contributed by atoms with Crippen LogP contribution >= 0.6 is 11.6 Å². The fourth-order valence-electron chi connectivity index (χ4n) is 3.33. The van der Waals surface area contributed by atoms with E-state index in [0.29, 0.717) is 19.5 Å². The molecule has 31 heavy (non-hydrogen) atoms. The summed E-state index contributed by atoms with van der Waals surface area (Å²) in [5.41, 5.74) is 1.58. The molecule has 1 aromatic heterocycles. The SMILES string of the molecule is Cc1nc2ccccc2n1CCCNC(=O)c1ccc(Cl)c(S(=O)(=O)NC(C)(C)C)c1. The molecule has 0 saturated heterocycles. The van der Waals surface area contributed by atoms with Gasteiger partial charge in [0.05, 0.1) is 16.1 Å². The van der Waals surface area contributed by atoms with Gasteiger partial charge in [-0.3, -0.25) is 4.79 Å². The van der Waals surface area contributed by atoms with Crippen LogP contribution in [0.3, 0.4) is 0 Å². The van der Waals surface area contributed by atoms with Crippen molar-refractivity contribution < 1.29 is 13.2 Å². The number of sulfonamides is 1. The summed E-state index contributed by atoms with van der Waals surface area (Å²) < 4.78 is 29.9. The van der Waals surface area contributed by atoms with Gasteiger partial charge in [0.15, 0.2) is 0 Å². The van der Waals surface area contributed by atoms with Crippen LogP contribution in [0.1, 0.15) is 43.4 Å². The Kier molecular flexibility index (Phi) is 6.73. The summed E-state index contributed by atoms with van der Waals surface area (Å²) in [6, 6.07) is 12.2. The highest BCUT2D eigenvalue weighted by atomic mass is 35.5. The van der Waals surface area contributed by atoms with E-state index < -0.39 is 15.6 Å². The van der Waals surface area contributed by atoms with E-state index in [1.807, 2.05) is 31.2 Å². The Labute approximate surface area is 187 Å². The fourth-order valence-corrected chi connectivity index (χ4v) is 5.27. The minimum Gasteiger partial charge on any atom is -0.352 e. The quantitative estimate of drug-likeness (QED) is 0.521. The van der Waals surface area contributed by atoms with Crippen molar-refractivity contribution in [3.63, 3.8) is 0 Å². The molecule has 0 aliphatic carbocycles. The van der Waals surface area contributed by atoms with Crippen LogP contribution in [-0.2, 0) is 16.6 Å². The number of nitrogens with one attached hydrogen (secondary N) is 2. The van der Waals surface area contributed by atoms with Gasteiger partial charge in [-0.05, 0) is 64.4 Å². The third-order valence-corrected chi connectivity index (χ3v) is 6.85. The molecule has 0 aliphatic heterocycles. The summed E-state index contributed by atoms with van der Waals surface area (Å²) in [6.45, 7) is 8.32. The fraction of sp³-hybridized carbons (Fsp3) is 0.364. The molecule has 3 aromatic rings. The molecule has 1 amide bonds. The monoisotopic (exact) mass is 462 g/mol. The first-order valence-electron chi connectivity index (χ1n) is 10.0. The van der Waals surface area contributed by atoms with Crippen LogP contribution < -0.4 is 10.0 Å². The smallest absolute Gasteiger partial charge is 0.251 e. The summed E-state index contributed by atoms with van der Waals surface area (Å²) in [5, 5.41) is 2.91. The van der Waals surface area contributed by atoms with Crippen molar-refractivity contribution >= 4 is 38.6 Å². The zero-order valence-corrected chi connectivity index (χ0v) is 19.6. The average Bonchev–Trinajstić information content (AvgIpc) is 2.98. The van der Waals surface area contributed by atoms with Crippen molar-refractivity contribution in [2.24, 2.45) is 0 Å². The van der Waals surface area contributed by atoms with E-state index in [9.17, 15) is 13.2 Å². The number of hydrogen-bond acceptors (Lipinski definition) is 4. The summed E-state index contributed by atoms with van der Waals surface area (Å²) in [5.74, 6) is 0.572. The van der Waals surface area contributed by atoms with Crippen LogP contribution in [0.15, 0.2) is 47.4 Å². The number of aromatic nitrogens is 2. The van der Waals surface area contributed by atoms with Gasteiger partial charge in [-0.1, -0.05) is 23.7 Å². The van der Waals surface area contributed by atoms with Gasteiger partial charge in [0.2, 0.25) is 10.0 Å². The van der Waals surface area contributed by atoms with E-state index in [1.54, 1.807) is 20.8 Å². The average molecular weight is 463 g/mol. The molecule has 1 heterocycles. The molecule has 0 radical (unpaired) electrons. The molecular weight excluding hydrogens is 436 g/mol. The molecule has 0 bridgehead atoms. The lowest BCUT2D eigenvalue weighted by Gasteiger charge is -2.21. The Bertz CT molecular complexity index is 1210. The zero-order chi connectivity index (χ0) is 22.8. The van der Waals surface area contributed by atoms with Gasteiger partial charge in [-0.15, -0.1) is 0 Å². The zero-order valence-electron chi connectivity index (χ0n) is 18.1. The Morgan fingerprint density at radius 1 is 1.16 bits per heavy atom. The molecule has 7 nitrogen and oxygen atoms in total. The van der Waals surface area contributed by atoms with Gasteiger partial charge in [0.25, 0.3) is 5.91 Å². The number of carbonyl (C=O) groups is 1. The molecule has 166 valence electrons. The van der Waals surface area contributed by atoms with Crippen molar-refractivity contribution in [3.05, 3.63) is 58.9 Å². The lowest BCUT2D eigenvalue weighted by atomic mass is 10.1. The highest BCUT2D eigenvalue weighted by Crippen LogP contribution is 2.24. The summed E-state index contributed by atoms with van der Waals surface area (Å²) >= 11 is 6.10. The van der Waals surface area contributed by atoms with Crippen LogP contribution in [0, 0.1) is 6.92 Å². The molecule has 2 N–H and O–H groups in total. The van der Waals surface area contributed by atoms with Crippen LogP contribution in [0.4, 0.5) is 0 Å². The standard InChI is InChI=1S/C22H27ClN4O3S/c1-15-25-18-8-5-6-9-19(18)27(15)13-7-12-24-21(28)16-10-11-17(23)20(14-16)31(29,30)26-22(2,3)4/h5-6,8-11,14,26H,7,12-13H2,1-4H3,(H,24,28). The molecule has 0 spiro atoms. The van der Waals surface area contributed by atoms with Crippen molar-refractivity contribution in [2.75, 3.05) is 6.54 Å². The van der Waals surface area contributed by atoms with Gasteiger partial charge >= 0.3 is 0 Å². The molecule has 2 aromatic carbocycles. The number of halogens is 1. The van der Waals surface area contributed by atoms with Crippen molar-refractivity contribution in [3.8, 4) is 0 Å². The number of fused-ring (bicyclic) bond motifs is 1. The van der Waals surface area contributed by atoms with Crippen LogP contribution in [-0.4, -0.2) is 36.0 Å². The first-order chi connectivity index (χ1) is 14.5. The number of carbonyl (C=O) groups excluding carboxylic acids is 1. The third kappa shape index (κ3) is 5.64. The molecule has 0 saturated carbocycles. The number of aryl methyl sites for hydroxylation is 2. The predicted molar refractivity (Wildman–Crippen MR) is 123 cm³/mol. The largest absolute Gasteiger partial charge is 0.352 e. The maximum Gasteiger partial charge on any atom is 0.251 e. The lowest BCUT2D eigenvalue weighted by molar-refractivity contribution is 0.0952. The number of imidazole rings is 1. The first-order valence-corrected chi connectivity index (χ1v) is 11.9. The Hall–Kier alpha value is -2.42. The van der Waals surface area contributed by atoms with Gasteiger partial charge in [0, 0.05) is 24.2 Å². The second-order valence-corrected chi connectivity index (χ2v) is 10.5. The maximum atomic E-state index is 12.6. The molecule has 0 aliphatic rings. The third-order valence-electron chi connectivity index (χ3n) is 4.61. The van der Waals surface area contributed by atoms with E-state index >= 15 is 0 Å². The van der Waals surface area contributed by atoms with Gasteiger partial charge in [-0.2, -0.15) is 0 Å². The van der Waals surface area contributed by atoms with E-state index in [-0.39, 0.29) is 21.4 Å². The lowest BCUT2D eigenvalue weighted by Crippen LogP contribution is -2.40. The highest BCUT2D eigenvalue weighted by Gasteiger charge is 2.25. The van der Waals surface area contributed by atoms with Gasteiger partial charge in [-0.25, -0.2) is 18.1 Å². The van der Waals surface area contributed by atoms with Crippen molar-refractivity contribution in [1.82, 2.24) is 19.6 Å². The molecule has 9 heteroatoms. The van der Waals surface area contributed by atoms with Gasteiger partial charge in [0.1, 0.15) is 10.7 Å². The van der Waals surface area contributed by atoms with Crippen molar-refractivity contribution in [1.29, 1.82) is 0 Å². The number of amides is 1. The van der Waals surface area contributed by atoms with E-state index in [0.717, 1.165) is 16.9 Å². The van der Waals surface area contributed by atoms with Crippen LogP contribution in [0.5, 0.6) is 0 Å². The maximum absolute atomic E-state index is 12.6. The minimum absolute atomic E-state index is 0.0655. The van der Waals surface area contributed by atoms with Crippen molar-refractivity contribution in [2.45, 2.75) is 51.1 Å². The molecule has 0 atom stereocenters. The van der Waals surface area contributed by atoms with Crippen LogP contribution in [0.25, 0.3) is 11.0 Å². The van der Waals surface area contributed by atoms with Gasteiger partial charge < -0.3 is 9.88 Å². The molecule has 3 rings (SSSR count). The minimum atomic E-state index is -3.86. The summed E-state index contributed by atoms with van der Waals surface area (Å²) in [7, 11) is -3.86. The Balaban J connectivity index is 1.65. The van der Waals surface area contributed by atoms with E-state index in [4.69, 9.17) is 11.6 Å². The number of nitrogens with zero attached hydrogens (tertiary/aromatic N) is 2. The molecule has 0 unspecified atom stereocenters. The molecule has 0 fully saturated rings. The predicted octanol–water partition coefficient (Wildman–Crippen LogP) is 3.90. The number of rotatable bonds is 7. The number of benzene rings is 2. The topological polar surface area (TPSA) is 93.1 Å². The number of para-hydroxylation sites is 2. The second kappa shape index (κ2) is 8.98. The first kappa shape index (κ1) is 23.2. The molecular formula is C22H27ClN4O3S. The highest BCUT2D eigenvalue weighted by molar-refractivity contribution is 7.89. The normalized spacial score (nSPS) is 12.3. The summed E-state index contributed by atoms with van der Waals surface area (Å²) in [4.78, 5) is 17.0. The number of hydrogen-bond donors (Lipinski definition) is 2. The Morgan fingerprint density at radius 3 is 2.58 bits per heavy atom. The van der Waals surface area contributed by atoms with Crippen LogP contribution in [0.2, 0.25) is 5.02 Å². The van der Waals surface area contributed by atoms with E-state index in [2.05, 4.69) is 19.6 Å². The Morgan fingerprint density at radius 2 is 1.87 bits per heavy atom. The van der Waals surface area contributed by atoms with E-state index in [1.165, 1.54) is 18.2 Å². The summed E-state index contributed by atoms with van der Waals surface area (Å²) in [6.07, 6.45) is 0.706.